The maximum atomic E-state index is 12.6. The van der Waals surface area contributed by atoms with Gasteiger partial charge in [-0.25, -0.2) is 13.1 Å². The van der Waals surface area contributed by atoms with Crippen molar-refractivity contribution in [2.75, 3.05) is 13.2 Å². The Hall–Kier alpha value is -0.630. The Kier molecular flexibility index (Phi) is 5.65. The van der Waals surface area contributed by atoms with Crippen LogP contribution in [0.1, 0.15) is 26.2 Å². The third-order valence-electron chi connectivity index (χ3n) is 3.70. The molecule has 1 fully saturated rings. The molecule has 1 aromatic carbocycles. The summed E-state index contributed by atoms with van der Waals surface area (Å²) in [6.07, 6.45) is 2.53. The third-order valence-corrected chi connectivity index (χ3v) is 5.70. The lowest BCUT2D eigenvalue weighted by atomic mass is 10.1. The van der Waals surface area contributed by atoms with Crippen LogP contribution >= 0.6 is 15.9 Å². The predicted molar refractivity (Wildman–Crippen MR) is 83.8 cm³/mol. The number of ether oxygens (including phenoxy) is 1. The highest BCUT2D eigenvalue weighted by Gasteiger charge is 2.32. The Morgan fingerprint density at radius 1 is 1.43 bits per heavy atom. The SMILES string of the molecule is CCOc1ccc(Br)cc1S(=O)(=O)NC1CCCC1CO. The molecule has 0 aromatic heterocycles. The van der Waals surface area contributed by atoms with Crippen LogP contribution in [0.4, 0.5) is 0 Å². The minimum absolute atomic E-state index is 0.00396. The summed E-state index contributed by atoms with van der Waals surface area (Å²) in [5, 5.41) is 9.32. The molecule has 0 radical (unpaired) electrons. The van der Waals surface area contributed by atoms with E-state index in [9.17, 15) is 13.5 Å². The van der Waals surface area contributed by atoms with Crippen LogP contribution in [0.3, 0.4) is 0 Å². The average molecular weight is 378 g/mol. The molecule has 1 saturated carbocycles. The Labute approximate surface area is 133 Å². The number of hydrogen-bond acceptors (Lipinski definition) is 4. The Morgan fingerprint density at radius 3 is 2.86 bits per heavy atom. The van der Waals surface area contributed by atoms with Crippen LogP contribution in [0.5, 0.6) is 5.75 Å². The quantitative estimate of drug-likeness (QED) is 0.797. The highest BCUT2D eigenvalue weighted by Crippen LogP contribution is 2.30. The fraction of sp³-hybridized carbons (Fsp3) is 0.571. The van der Waals surface area contributed by atoms with Crippen LogP contribution < -0.4 is 9.46 Å². The molecular weight excluding hydrogens is 358 g/mol. The van der Waals surface area contributed by atoms with Gasteiger partial charge in [-0.05, 0) is 43.9 Å². The molecule has 2 N–H and O–H groups in total. The van der Waals surface area contributed by atoms with Gasteiger partial charge >= 0.3 is 0 Å². The van der Waals surface area contributed by atoms with Gasteiger partial charge in [0.2, 0.25) is 10.0 Å². The van der Waals surface area contributed by atoms with E-state index in [4.69, 9.17) is 4.74 Å². The maximum Gasteiger partial charge on any atom is 0.244 e. The Bertz CT molecular complexity index is 591. The van der Waals surface area contributed by atoms with Crippen molar-refractivity contribution in [1.29, 1.82) is 0 Å². The molecule has 0 aliphatic heterocycles. The van der Waals surface area contributed by atoms with Crippen LogP contribution in [0, 0.1) is 5.92 Å². The molecule has 0 saturated heterocycles. The number of aliphatic hydroxyl groups excluding tert-OH is 1. The first-order chi connectivity index (χ1) is 9.97. The first-order valence-corrected chi connectivity index (χ1v) is 9.31. The number of hydrogen-bond donors (Lipinski definition) is 2. The molecular formula is C14H20BrNO4S. The monoisotopic (exact) mass is 377 g/mol. The molecule has 2 atom stereocenters. The van der Waals surface area contributed by atoms with Gasteiger partial charge in [-0.2, -0.15) is 0 Å². The second kappa shape index (κ2) is 7.09. The zero-order chi connectivity index (χ0) is 15.5. The van der Waals surface area contributed by atoms with Crippen molar-refractivity contribution < 1.29 is 18.3 Å². The summed E-state index contributed by atoms with van der Waals surface area (Å²) in [4.78, 5) is 0.127. The Morgan fingerprint density at radius 2 is 2.19 bits per heavy atom. The third kappa shape index (κ3) is 3.97. The molecule has 1 aromatic rings. The molecule has 0 spiro atoms. The van der Waals surface area contributed by atoms with Crippen molar-refractivity contribution in [3.8, 4) is 5.75 Å². The molecule has 1 aliphatic rings. The van der Waals surface area contributed by atoms with Gasteiger partial charge in [-0.3, -0.25) is 0 Å². The standard InChI is InChI=1S/C14H20BrNO4S/c1-2-20-13-7-6-11(15)8-14(13)21(18,19)16-12-5-3-4-10(12)9-17/h6-8,10,12,16-17H,2-5,9H2,1H3. The molecule has 2 rings (SSSR count). The summed E-state index contributed by atoms with van der Waals surface area (Å²) in [5.41, 5.74) is 0. The van der Waals surface area contributed by atoms with Crippen LogP contribution in [-0.2, 0) is 10.0 Å². The van der Waals surface area contributed by atoms with Gasteiger partial charge in [-0.15, -0.1) is 0 Å². The molecule has 2 unspecified atom stereocenters. The van der Waals surface area contributed by atoms with Gasteiger partial charge in [0.05, 0.1) is 6.61 Å². The smallest absolute Gasteiger partial charge is 0.244 e. The fourth-order valence-corrected chi connectivity index (χ4v) is 4.66. The summed E-state index contributed by atoms with van der Waals surface area (Å²) in [6, 6.07) is 4.71. The lowest BCUT2D eigenvalue weighted by molar-refractivity contribution is 0.213. The van der Waals surface area contributed by atoms with Crippen molar-refractivity contribution in [1.82, 2.24) is 4.72 Å². The lowest BCUT2D eigenvalue weighted by Gasteiger charge is -2.20. The summed E-state index contributed by atoms with van der Waals surface area (Å²) in [7, 11) is -3.68. The van der Waals surface area contributed by atoms with Crippen molar-refractivity contribution in [2.24, 2.45) is 5.92 Å². The largest absolute Gasteiger partial charge is 0.492 e. The topological polar surface area (TPSA) is 75.6 Å². The molecule has 5 nitrogen and oxygen atoms in total. The van der Waals surface area contributed by atoms with E-state index in [1.165, 1.54) is 6.07 Å². The minimum atomic E-state index is -3.68. The van der Waals surface area contributed by atoms with Crippen LogP contribution in [0.25, 0.3) is 0 Å². The maximum absolute atomic E-state index is 12.6. The lowest BCUT2D eigenvalue weighted by Crippen LogP contribution is -2.38. The van der Waals surface area contributed by atoms with Gasteiger partial charge in [0.15, 0.2) is 0 Å². The molecule has 7 heteroatoms. The van der Waals surface area contributed by atoms with Crippen molar-refractivity contribution in [2.45, 2.75) is 37.1 Å². The normalized spacial score (nSPS) is 22.4. The van der Waals surface area contributed by atoms with Gasteiger partial charge in [-0.1, -0.05) is 22.4 Å². The number of aliphatic hydroxyl groups is 1. The van der Waals surface area contributed by atoms with Crippen molar-refractivity contribution in [3.63, 3.8) is 0 Å². The summed E-state index contributed by atoms with van der Waals surface area (Å²) in [5.74, 6) is 0.328. The van der Waals surface area contributed by atoms with E-state index in [-0.39, 0.29) is 23.5 Å². The van der Waals surface area contributed by atoms with Crippen LogP contribution in [0.15, 0.2) is 27.6 Å². The summed E-state index contributed by atoms with van der Waals surface area (Å²) < 4.78 is 34.0. The fourth-order valence-electron chi connectivity index (χ4n) is 2.64. The van der Waals surface area contributed by atoms with Crippen molar-refractivity contribution >= 4 is 26.0 Å². The van der Waals surface area contributed by atoms with E-state index < -0.39 is 10.0 Å². The summed E-state index contributed by atoms with van der Waals surface area (Å²) >= 11 is 3.29. The molecule has 0 heterocycles. The highest BCUT2D eigenvalue weighted by molar-refractivity contribution is 9.10. The molecule has 0 bridgehead atoms. The highest BCUT2D eigenvalue weighted by atomic mass is 79.9. The number of sulfonamides is 1. The number of halogens is 1. The van der Waals surface area contributed by atoms with Gasteiger partial charge in [0.25, 0.3) is 0 Å². The zero-order valence-corrected chi connectivity index (χ0v) is 14.3. The average Bonchev–Trinajstić information content (AvgIpc) is 2.87. The summed E-state index contributed by atoms with van der Waals surface area (Å²) in [6.45, 7) is 2.21. The zero-order valence-electron chi connectivity index (χ0n) is 11.9. The van der Waals surface area contributed by atoms with Crippen LogP contribution in [-0.4, -0.2) is 32.8 Å². The van der Waals surface area contributed by atoms with Gasteiger partial charge in [0, 0.05) is 17.1 Å². The predicted octanol–water partition coefficient (Wildman–Crippen LogP) is 2.29. The first kappa shape index (κ1) is 16.7. The number of rotatable bonds is 6. The number of nitrogens with one attached hydrogen (secondary N) is 1. The van der Waals surface area contributed by atoms with E-state index in [1.807, 2.05) is 6.92 Å². The molecule has 0 amide bonds. The van der Waals surface area contributed by atoms with E-state index in [0.717, 1.165) is 19.3 Å². The second-order valence-corrected chi connectivity index (χ2v) is 7.72. The Balaban J connectivity index is 2.28. The first-order valence-electron chi connectivity index (χ1n) is 7.03. The molecule has 118 valence electrons. The number of benzene rings is 1. The van der Waals surface area contributed by atoms with E-state index in [0.29, 0.717) is 16.8 Å². The van der Waals surface area contributed by atoms with Gasteiger partial charge < -0.3 is 9.84 Å². The molecule has 1 aliphatic carbocycles. The van der Waals surface area contributed by atoms with Crippen molar-refractivity contribution in [3.05, 3.63) is 22.7 Å². The van der Waals surface area contributed by atoms with E-state index >= 15 is 0 Å². The second-order valence-electron chi connectivity index (χ2n) is 5.13. The van der Waals surface area contributed by atoms with E-state index in [2.05, 4.69) is 20.7 Å². The van der Waals surface area contributed by atoms with Crippen LogP contribution in [0.2, 0.25) is 0 Å². The van der Waals surface area contributed by atoms with Gasteiger partial charge in [0.1, 0.15) is 10.6 Å². The molecule has 21 heavy (non-hydrogen) atoms. The van der Waals surface area contributed by atoms with E-state index in [1.54, 1.807) is 12.1 Å². The minimum Gasteiger partial charge on any atom is -0.492 e.